The lowest BCUT2D eigenvalue weighted by molar-refractivity contribution is -0.176. The van der Waals surface area contributed by atoms with Crippen molar-refractivity contribution in [3.05, 3.63) is 70.4 Å². The summed E-state index contributed by atoms with van der Waals surface area (Å²) in [6.07, 6.45) is 8.87. The number of para-hydroxylation sites is 1. The molecule has 5 fully saturated rings. The van der Waals surface area contributed by atoms with Crippen molar-refractivity contribution in [1.29, 1.82) is 0 Å². The topological polar surface area (TPSA) is 105 Å². The molecule has 7 aliphatic rings. The van der Waals surface area contributed by atoms with E-state index < -0.39 is 5.41 Å². The number of fused-ring (bicyclic) bond motifs is 8. The highest BCUT2D eigenvalue weighted by molar-refractivity contribution is 5.86. The van der Waals surface area contributed by atoms with Gasteiger partial charge in [0.2, 0.25) is 0 Å². The molecular formula is C44H56N4O5. The molecule has 4 aliphatic heterocycles. The van der Waals surface area contributed by atoms with Gasteiger partial charge in [0.05, 0.1) is 33.3 Å². The Kier molecular flexibility index (Phi) is 8.69. The summed E-state index contributed by atoms with van der Waals surface area (Å²) in [5.41, 5.74) is 7.88. The SMILES string of the molecule is CC=C1CC2C1CC(c1cc3c(cc1OC)C1CCN4CC5CC(CC)C4C(C(=O)OC)(C5)C1N3)c1[nH]c3ccccc3c1CC(NC)C2C(=O)OC. The maximum Gasteiger partial charge on any atom is 0.315 e. The second kappa shape index (κ2) is 13.2. The molecule has 2 saturated carbocycles. The number of rotatable bonds is 6. The fourth-order valence-electron chi connectivity index (χ4n) is 12.9. The van der Waals surface area contributed by atoms with Crippen molar-refractivity contribution < 1.29 is 23.8 Å². The number of likely N-dealkylation sites (N-methyl/N-ethyl adjacent to an activating group) is 1. The molecule has 1 aromatic heterocycles. The Morgan fingerprint density at radius 1 is 1.06 bits per heavy atom. The molecule has 4 bridgehead atoms. The summed E-state index contributed by atoms with van der Waals surface area (Å²) in [6, 6.07) is 13.3. The molecule has 0 amide bonds. The molecule has 5 heterocycles. The van der Waals surface area contributed by atoms with Gasteiger partial charge in [-0.05, 0) is 112 Å². The first-order valence-electron chi connectivity index (χ1n) is 20.1. The zero-order chi connectivity index (χ0) is 36.8. The number of nitrogens with one attached hydrogen (secondary N) is 3. The Hall–Kier alpha value is -3.82. The average molecular weight is 721 g/mol. The van der Waals surface area contributed by atoms with Crippen molar-refractivity contribution in [1.82, 2.24) is 15.2 Å². The Labute approximate surface area is 313 Å². The Morgan fingerprint density at radius 3 is 2.62 bits per heavy atom. The van der Waals surface area contributed by atoms with Gasteiger partial charge in [0.15, 0.2) is 0 Å². The van der Waals surface area contributed by atoms with E-state index in [9.17, 15) is 9.59 Å². The zero-order valence-corrected chi connectivity index (χ0v) is 32.2. The predicted octanol–water partition coefficient (Wildman–Crippen LogP) is 6.78. The number of piperidine rings is 2. The second-order valence-electron chi connectivity index (χ2n) is 17.0. The lowest BCUT2D eigenvalue weighted by Crippen LogP contribution is -2.69. The van der Waals surface area contributed by atoms with Gasteiger partial charge in [0.1, 0.15) is 11.2 Å². The van der Waals surface area contributed by atoms with E-state index in [4.69, 9.17) is 14.2 Å². The molecule has 53 heavy (non-hydrogen) atoms. The average Bonchev–Trinajstić information content (AvgIpc) is 3.71. The van der Waals surface area contributed by atoms with E-state index >= 15 is 0 Å². The summed E-state index contributed by atoms with van der Waals surface area (Å²) in [6.45, 7) is 6.51. The number of esters is 2. The molecule has 10 rings (SSSR count). The minimum atomic E-state index is -0.599. The predicted molar refractivity (Wildman–Crippen MR) is 206 cm³/mol. The highest BCUT2D eigenvalue weighted by Crippen LogP contribution is 2.61. The summed E-state index contributed by atoms with van der Waals surface area (Å²) in [5, 5.41) is 8.82. The van der Waals surface area contributed by atoms with Crippen LogP contribution in [0.4, 0.5) is 5.69 Å². The van der Waals surface area contributed by atoms with Crippen LogP contribution in [-0.4, -0.2) is 81.4 Å². The fraction of sp³-hybridized carbons (Fsp3) is 0.591. The molecule has 3 aliphatic carbocycles. The number of ether oxygens (including phenoxy) is 3. The maximum absolute atomic E-state index is 14.3. The third-order valence-corrected chi connectivity index (χ3v) is 15.1. The third kappa shape index (κ3) is 5.01. The highest BCUT2D eigenvalue weighted by atomic mass is 16.5. The quantitative estimate of drug-likeness (QED) is 0.189. The number of H-pyrrole nitrogens is 1. The molecule has 9 nitrogen and oxygen atoms in total. The molecule has 0 radical (unpaired) electrons. The molecule has 9 heteroatoms. The van der Waals surface area contributed by atoms with E-state index in [-0.39, 0.29) is 59.7 Å². The number of methoxy groups -OCH3 is 3. The van der Waals surface area contributed by atoms with Crippen molar-refractivity contribution in [2.75, 3.05) is 46.8 Å². The maximum atomic E-state index is 14.3. The summed E-state index contributed by atoms with van der Waals surface area (Å²) >= 11 is 0. The molecule has 3 N–H and O–H groups in total. The number of aromatic nitrogens is 1. The Morgan fingerprint density at radius 2 is 1.89 bits per heavy atom. The minimum Gasteiger partial charge on any atom is -0.496 e. The molecule has 0 spiro atoms. The second-order valence-corrected chi connectivity index (χ2v) is 17.0. The van der Waals surface area contributed by atoms with E-state index in [0.29, 0.717) is 18.3 Å². The van der Waals surface area contributed by atoms with Gasteiger partial charge in [0.25, 0.3) is 0 Å². The van der Waals surface area contributed by atoms with Crippen LogP contribution in [0, 0.1) is 35.0 Å². The smallest absolute Gasteiger partial charge is 0.315 e. The first-order chi connectivity index (χ1) is 25.8. The molecule has 282 valence electrons. The van der Waals surface area contributed by atoms with Crippen LogP contribution in [0.15, 0.2) is 48.0 Å². The Bertz CT molecular complexity index is 1970. The molecule has 3 saturated heterocycles. The number of anilines is 1. The van der Waals surface area contributed by atoms with Crippen molar-refractivity contribution in [2.45, 2.75) is 88.8 Å². The lowest BCUT2D eigenvalue weighted by atomic mass is 9.54. The number of carbonyl (C=O) groups is 2. The van der Waals surface area contributed by atoms with Crippen molar-refractivity contribution in [2.24, 2.45) is 35.0 Å². The molecule has 3 aromatic rings. The van der Waals surface area contributed by atoms with Crippen molar-refractivity contribution in [3.8, 4) is 5.75 Å². The highest BCUT2D eigenvalue weighted by Gasteiger charge is 2.66. The van der Waals surface area contributed by atoms with Gasteiger partial charge < -0.3 is 29.8 Å². The van der Waals surface area contributed by atoms with Crippen LogP contribution in [0.1, 0.15) is 86.6 Å². The molecule has 2 aromatic carbocycles. The van der Waals surface area contributed by atoms with Gasteiger partial charge in [-0.1, -0.05) is 43.2 Å². The summed E-state index contributed by atoms with van der Waals surface area (Å²) < 4.78 is 17.7. The summed E-state index contributed by atoms with van der Waals surface area (Å²) in [4.78, 5) is 34.5. The fourth-order valence-corrected chi connectivity index (χ4v) is 12.9. The third-order valence-electron chi connectivity index (χ3n) is 15.1. The number of benzene rings is 2. The number of aromatic amines is 1. The van der Waals surface area contributed by atoms with Gasteiger partial charge in [-0.3, -0.25) is 14.5 Å². The first-order valence-corrected chi connectivity index (χ1v) is 20.1. The number of carbonyl (C=O) groups excluding carboxylic acids is 2. The van der Waals surface area contributed by atoms with E-state index in [1.54, 1.807) is 14.2 Å². The van der Waals surface area contributed by atoms with Crippen LogP contribution in [0.25, 0.3) is 10.9 Å². The van der Waals surface area contributed by atoms with Gasteiger partial charge in [-0.25, -0.2) is 0 Å². The molecular weight excluding hydrogens is 665 g/mol. The van der Waals surface area contributed by atoms with Crippen LogP contribution in [0.3, 0.4) is 0 Å². The zero-order valence-electron chi connectivity index (χ0n) is 32.2. The van der Waals surface area contributed by atoms with E-state index in [0.717, 1.165) is 67.7 Å². The first kappa shape index (κ1) is 34.9. The summed E-state index contributed by atoms with van der Waals surface area (Å²) in [5.74, 6) is 2.00. The number of nitrogens with zero attached hydrogens (tertiary/aromatic N) is 1. The number of allylic oxidation sites excluding steroid dienone is 2. The lowest BCUT2D eigenvalue weighted by Gasteiger charge is -2.59. The van der Waals surface area contributed by atoms with E-state index in [1.807, 2.05) is 7.05 Å². The standard InChI is InChI=1S/C44H56N4O5/c1-7-24-16-31-28(24)17-32(39-33(26-11-9-10-12-34(26)46-39)19-36(45-3)38(31)42(49)52-5)30-18-35-29(20-37(30)51-4)27-13-14-48-22-23-15-25(8-2)41(48)44(21-23,40(27)47-35)43(50)53-6/h7,9-12,18,20,23,25,27-28,31-32,36,38,40-41,45-47H,8,13-17,19,21-22H2,1-6H3. The van der Waals surface area contributed by atoms with Gasteiger partial charge in [0, 0.05) is 58.3 Å². The Balaban J connectivity index is 1.20. The van der Waals surface area contributed by atoms with Crippen LogP contribution < -0.4 is 15.4 Å². The summed E-state index contributed by atoms with van der Waals surface area (Å²) in [7, 11) is 6.88. The van der Waals surface area contributed by atoms with E-state index in [2.05, 4.69) is 76.8 Å². The van der Waals surface area contributed by atoms with Gasteiger partial charge in [-0.15, -0.1) is 0 Å². The van der Waals surface area contributed by atoms with Crippen LogP contribution in [-0.2, 0) is 25.5 Å². The van der Waals surface area contributed by atoms with Crippen LogP contribution in [0.2, 0.25) is 0 Å². The van der Waals surface area contributed by atoms with Crippen LogP contribution >= 0.6 is 0 Å². The molecule has 12 unspecified atom stereocenters. The molecule has 12 atom stereocenters. The normalized spacial score (nSPS) is 37.4. The minimum absolute atomic E-state index is 0.0123. The van der Waals surface area contributed by atoms with Crippen molar-refractivity contribution in [3.63, 3.8) is 0 Å². The number of hydrogen-bond acceptors (Lipinski definition) is 8. The van der Waals surface area contributed by atoms with Crippen LogP contribution in [0.5, 0.6) is 5.75 Å². The van der Waals surface area contributed by atoms with E-state index in [1.165, 1.54) is 41.3 Å². The monoisotopic (exact) mass is 720 g/mol. The number of hydrogen-bond donors (Lipinski definition) is 3. The van der Waals surface area contributed by atoms with Gasteiger partial charge in [-0.2, -0.15) is 0 Å². The largest absolute Gasteiger partial charge is 0.496 e. The van der Waals surface area contributed by atoms with Gasteiger partial charge >= 0.3 is 11.9 Å². The van der Waals surface area contributed by atoms with Crippen molar-refractivity contribution >= 4 is 28.5 Å².